The molecule has 0 bridgehead atoms. The molecule has 0 aliphatic heterocycles. The molecular formula is C21H23N3OS. The summed E-state index contributed by atoms with van der Waals surface area (Å²) >= 11 is 1.57. The molecule has 1 N–H and O–H groups in total. The summed E-state index contributed by atoms with van der Waals surface area (Å²) in [5.41, 5.74) is 3.33. The highest BCUT2D eigenvalue weighted by molar-refractivity contribution is 8.00. The summed E-state index contributed by atoms with van der Waals surface area (Å²) in [6.45, 7) is 6.46. The van der Waals surface area contributed by atoms with Gasteiger partial charge in [0, 0.05) is 23.8 Å². The summed E-state index contributed by atoms with van der Waals surface area (Å²) in [5, 5.41) is 2.91. The van der Waals surface area contributed by atoms with Crippen molar-refractivity contribution < 1.29 is 4.79 Å². The molecule has 5 heteroatoms. The molecule has 4 nitrogen and oxygen atoms in total. The molecule has 2 aromatic carbocycles. The van der Waals surface area contributed by atoms with Gasteiger partial charge in [0.2, 0.25) is 5.91 Å². The highest BCUT2D eigenvalue weighted by Gasteiger charge is 2.15. The maximum atomic E-state index is 12.5. The molecule has 134 valence electrons. The zero-order valence-electron chi connectivity index (χ0n) is 15.3. The Labute approximate surface area is 158 Å². The lowest BCUT2D eigenvalue weighted by Gasteiger charge is -2.15. The van der Waals surface area contributed by atoms with Crippen LogP contribution in [0.15, 0.2) is 65.8 Å². The molecule has 0 saturated heterocycles. The van der Waals surface area contributed by atoms with Crippen LogP contribution in [0.25, 0.3) is 5.69 Å². The second-order valence-electron chi connectivity index (χ2n) is 6.26. The summed E-state index contributed by atoms with van der Waals surface area (Å²) in [4.78, 5) is 17.9. The van der Waals surface area contributed by atoms with Crippen molar-refractivity contribution in [3.63, 3.8) is 0 Å². The normalized spacial score (nSPS) is 12.0. The number of imidazole rings is 1. The molecule has 0 radical (unpaired) electrons. The summed E-state index contributed by atoms with van der Waals surface area (Å²) in [5.74, 6) is 0.958. The van der Waals surface area contributed by atoms with E-state index < -0.39 is 0 Å². The lowest BCUT2D eigenvalue weighted by Crippen LogP contribution is -2.30. The van der Waals surface area contributed by atoms with Crippen molar-refractivity contribution in [1.29, 1.82) is 0 Å². The Kier molecular flexibility index (Phi) is 5.78. The van der Waals surface area contributed by atoms with E-state index >= 15 is 0 Å². The monoisotopic (exact) mass is 365 g/mol. The molecule has 0 aliphatic rings. The number of hydrogen-bond acceptors (Lipinski definition) is 3. The fraction of sp³-hybridized carbons (Fsp3) is 0.238. The third-order valence-corrected chi connectivity index (χ3v) is 5.34. The average Bonchev–Trinajstić information content (AvgIpc) is 3.07. The van der Waals surface area contributed by atoms with E-state index in [0.717, 1.165) is 22.0 Å². The SMILES string of the molecule is Cc1ccc(S[C@H](C)C(=O)NCc2ccccc2-n2ccnc2C)cc1. The van der Waals surface area contributed by atoms with Crippen LogP contribution in [0.3, 0.4) is 0 Å². The van der Waals surface area contributed by atoms with E-state index in [1.807, 2.05) is 48.9 Å². The van der Waals surface area contributed by atoms with E-state index in [4.69, 9.17) is 0 Å². The Morgan fingerprint density at radius 1 is 1.15 bits per heavy atom. The van der Waals surface area contributed by atoms with E-state index in [2.05, 4.69) is 41.5 Å². The van der Waals surface area contributed by atoms with Crippen LogP contribution in [0.2, 0.25) is 0 Å². The molecule has 1 amide bonds. The number of rotatable bonds is 6. The number of amides is 1. The van der Waals surface area contributed by atoms with Crippen molar-refractivity contribution in [2.24, 2.45) is 0 Å². The second-order valence-corrected chi connectivity index (χ2v) is 7.68. The fourth-order valence-corrected chi connectivity index (χ4v) is 3.62. The van der Waals surface area contributed by atoms with Gasteiger partial charge in [0.15, 0.2) is 0 Å². The van der Waals surface area contributed by atoms with Crippen LogP contribution >= 0.6 is 11.8 Å². The number of hydrogen-bond donors (Lipinski definition) is 1. The predicted molar refractivity (Wildman–Crippen MR) is 107 cm³/mol. The number of aromatic nitrogens is 2. The van der Waals surface area contributed by atoms with E-state index in [9.17, 15) is 4.79 Å². The summed E-state index contributed by atoms with van der Waals surface area (Å²) < 4.78 is 2.03. The molecule has 1 atom stereocenters. The molecular weight excluding hydrogens is 342 g/mol. The van der Waals surface area contributed by atoms with Crippen molar-refractivity contribution >= 4 is 17.7 Å². The Morgan fingerprint density at radius 3 is 2.58 bits per heavy atom. The van der Waals surface area contributed by atoms with Crippen LogP contribution in [-0.4, -0.2) is 20.7 Å². The van der Waals surface area contributed by atoms with Crippen LogP contribution in [0.1, 0.15) is 23.9 Å². The van der Waals surface area contributed by atoms with Crippen LogP contribution in [-0.2, 0) is 11.3 Å². The Balaban J connectivity index is 1.64. The molecule has 0 aliphatic carbocycles. The molecule has 26 heavy (non-hydrogen) atoms. The van der Waals surface area contributed by atoms with Gasteiger partial charge in [-0.25, -0.2) is 4.98 Å². The molecule has 0 unspecified atom stereocenters. The number of carbonyl (C=O) groups excluding carboxylic acids is 1. The first-order valence-corrected chi connectivity index (χ1v) is 9.52. The van der Waals surface area contributed by atoms with Gasteiger partial charge < -0.3 is 9.88 Å². The summed E-state index contributed by atoms with van der Waals surface area (Å²) in [6, 6.07) is 16.3. The van der Waals surface area contributed by atoms with Crippen molar-refractivity contribution in [1.82, 2.24) is 14.9 Å². The Bertz CT molecular complexity index is 886. The molecule has 1 heterocycles. The lowest BCUT2D eigenvalue weighted by molar-refractivity contribution is -0.120. The van der Waals surface area contributed by atoms with Crippen molar-refractivity contribution in [2.75, 3.05) is 0 Å². The topological polar surface area (TPSA) is 46.9 Å². The number of nitrogens with zero attached hydrogens (tertiary/aromatic N) is 2. The van der Waals surface area contributed by atoms with E-state index in [0.29, 0.717) is 6.54 Å². The summed E-state index contributed by atoms with van der Waals surface area (Å²) in [7, 11) is 0. The van der Waals surface area contributed by atoms with Crippen LogP contribution in [0.4, 0.5) is 0 Å². The van der Waals surface area contributed by atoms with Gasteiger partial charge in [0.25, 0.3) is 0 Å². The van der Waals surface area contributed by atoms with Crippen LogP contribution < -0.4 is 5.32 Å². The van der Waals surface area contributed by atoms with Crippen LogP contribution in [0.5, 0.6) is 0 Å². The largest absolute Gasteiger partial charge is 0.351 e. The minimum Gasteiger partial charge on any atom is -0.351 e. The van der Waals surface area contributed by atoms with Gasteiger partial charge in [-0.05, 0) is 44.5 Å². The molecule has 0 spiro atoms. The van der Waals surface area contributed by atoms with Gasteiger partial charge >= 0.3 is 0 Å². The van der Waals surface area contributed by atoms with Gasteiger partial charge in [0.1, 0.15) is 5.82 Å². The maximum Gasteiger partial charge on any atom is 0.233 e. The standard InChI is InChI=1S/C21H23N3OS/c1-15-8-10-19(11-9-15)26-16(2)21(25)23-14-18-6-4-5-7-20(18)24-13-12-22-17(24)3/h4-13,16H,14H2,1-3H3,(H,23,25)/t16-/m1/s1. The van der Waals surface area contributed by atoms with Gasteiger partial charge in [-0.2, -0.15) is 0 Å². The molecule has 0 fully saturated rings. The fourth-order valence-electron chi connectivity index (χ4n) is 2.73. The molecule has 3 aromatic rings. The number of aryl methyl sites for hydroxylation is 2. The second kappa shape index (κ2) is 8.23. The first kappa shape index (κ1) is 18.3. The molecule has 0 saturated carbocycles. The lowest BCUT2D eigenvalue weighted by atomic mass is 10.1. The Morgan fingerprint density at radius 2 is 1.88 bits per heavy atom. The van der Waals surface area contributed by atoms with Gasteiger partial charge in [0.05, 0.1) is 10.9 Å². The first-order valence-electron chi connectivity index (χ1n) is 8.64. The zero-order chi connectivity index (χ0) is 18.5. The minimum atomic E-state index is -0.153. The van der Waals surface area contributed by atoms with Crippen molar-refractivity contribution in [2.45, 2.75) is 37.5 Å². The third-order valence-electron chi connectivity index (χ3n) is 4.23. The third kappa shape index (κ3) is 4.35. The van der Waals surface area contributed by atoms with E-state index in [1.54, 1.807) is 18.0 Å². The number of carbonyl (C=O) groups is 1. The van der Waals surface area contributed by atoms with Crippen molar-refractivity contribution in [3.05, 3.63) is 77.9 Å². The average molecular weight is 366 g/mol. The van der Waals surface area contributed by atoms with Gasteiger partial charge in [-0.1, -0.05) is 35.9 Å². The van der Waals surface area contributed by atoms with E-state index in [1.165, 1.54) is 5.56 Å². The number of benzene rings is 2. The summed E-state index contributed by atoms with van der Waals surface area (Å²) in [6.07, 6.45) is 3.72. The smallest absolute Gasteiger partial charge is 0.233 e. The van der Waals surface area contributed by atoms with Crippen molar-refractivity contribution in [3.8, 4) is 5.69 Å². The number of para-hydroxylation sites is 1. The van der Waals surface area contributed by atoms with Crippen LogP contribution in [0, 0.1) is 13.8 Å². The zero-order valence-corrected chi connectivity index (χ0v) is 16.1. The number of nitrogens with one attached hydrogen (secondary N) is 1. The highest BCUT2D eigenvalue weighted by atomic mass is 32.2. The predicted octanol–water partition coefficient (Wildman–Crippen LogP) is 4.29. The van der Waals surface area contributed by atoms with Gasteiger partial charge in [-0.15, -0.1) is 11.8 Å². The molecule has 3 rings (SSSR count). The van der Waals surface area contributed by atoms with E-state index in [-0.39, 0.29) is 11.2 Å². The maximum absolute atomic E-state index is 12.5. The van der Waals surface area contributed by atoms with Gasteiger partial charge in [-0.3, -0.25) is 4.79 Å². The minimum absolute atomic E-state index is 0.0349. The first-order chi connectivity index (χ1) is 12.5. The highest BCUT2D eigenvalue weighted by Crippen LogP contribution is 2.24. The Hall–Kier alpha value is -2.53. The number of thioether (sulfide) groups is 1. The molecule has 1 aromatic heterocycles. The quantitative estimate of drug-likeness (QED) is 0.663.